The summed E-state index contributed by atoms with van der Waals surface area (Å²) in [7, 11) is -3.74. The molecular formula is C15H13BrN2O2S. The monoisotopic (exact) mass is 364 g/mol. The number of anilines is 2. The minimum atomic E-state index is -3.74. The van der Waals surface area contributed by atoms with E-state index in [4.69, 9.17) is 12.2 Å². The Hall–Kier alpha value is -1.97. The summed E-state index contributed by atoms with van der Waals surface area (Å²) < 4.78 is 28.1. The van der Waals surface area contributed by atoms with Crippen LogP contribution in [0.2, 0.25) is 0 Å². The maximum absolute atomic E-state index is 12.5. The Labute approximate surface area is 132 Å². The van der Waals surface area contributed by atoms with Crippen LogP contribution in [0.4, 0.5) is 11.4 Å². The van der Waals surface area contributed by atoms with Crippen molar-refractivity contribution in [3.05, 3.63) is 52.0 Å². The van der Waals surface area contributed by atoms with Crippen molar-refractivity contribution in [1.82, 2.24) is 0 Å². The maximum atomic E-state index is 12.5. The molecule has 0 spiro atoms. The molecule has 0 heterocycles. The lowest BCUT2D eigenvalue weighted by Gasteiger charge is -2.12. The van der Waals surface area contributed by atoms with Crippen LogP contribution in [0.1, 0.15) is 11.1 Å². The molecule has 108 valence electrons. The summed E-state index contributed by atoms with van der Waals surface area (Å²) in [6.45, 7) is 1.66. The van der Waals surface area contributed by atoms with Gasteiger partial charge in [0.15, 0.2) is 0 Å². The Morgan fingerprint density at radius 3 is 2.67 bits per heavy atom. The third-order valence-electron chi connectivity index (χ3n) is 2.94. The molecule has 0 aliphatic heterocycles. The minimum absolute atomic E-state index is 0.125. The van der Waals surface area contributed by atoms with Crippen LogP contribution in [0.3, 0.4) is 0 Å². The number of hydrogen-bond donors (Lipinski definition) is 2. The fourth-order valence-electron chi connectivity index (χ4n) is 1.84. The molecule has 0 saturated carbocycles. The average Bonchev–Trinajstić information content (AvgIpc) is 2.42. The zero-order valence-corrected chi connectivity index (χ0v) is 13.6. The summed E-state index contributed by atoms with van der Waals surface area (Å²) in [4.78, 5) is 0.125. The molecule has 0 aliphatic carbocycles. The SMILES string of the molecule is C#Cc1cccc(NS(=O)(=O)c2cc(Br)cc(N)c2C)c1. The van der Waals surface area contributed by atoms with Gasteiger partial charge in [0, 0.05) is 15.7 Å². The van der Waals surface area contributed by atoms with E-state index >= 15 is 0 Å². The van der Waals surface area contributed by atoms with E-state index in [-0.39, 0.29) is 4.90 Å². The standard InChI is InChI=1S/C15H13BrN2O2S/c1-3-11-5-4-6-13(7-11)18-21(19,20)15-9-12(16)8-14(17)10(15)2/h1,4-9,18H,17H2,2H3. The molecule has 0 fully saturated rings. The first kappa shape index (κ1) is 15.4. The van der Waals surface area contributed by atoms with Gasteiger partial charge in [-0.2, -0.15) is 0 Å². The van der Waals surface area contributed by atoms with Crippen molar-refractivity contribution < 1.29 is 8.42 Å². The number of halogens is 1. The van der Waals surface area contributed by atoms with Crippen LogP contribution in [-0.4, -0.2) is 8.42 Å². The Bertz CT molecular complexity index is 839. The van der Waals surface area contributed by atoms with Gasteiger partial charge in [-0.05, 0) is 42.8 Å². The molecule has 0 bridgehead atoms. The van der Waals surface area contributed by atoms with Gasteiger partial charge in [-0.15, -0.1) is 6.42 Å². The number of hydrogen-bond acceptors (Lipinski definition) is 3. The second-order valence-corrected chi connectivity index (χ2v) is 7.02. The smallest absolute Gasteiger partial charge is 0.262 e. The first-order valence-corrected chi connectivity index (χ1v) is 8.26. The molecule has 0 unspecified atom stereocenters. The zero-order valence-electron chi connectivity index (χ0n) is 11.2. The summed E-state index contributed by atoms with van der Waals surface area (Å²) in [5.74, 6) is 2.46. The molecule has 0 atom stereocenters. The van der Waals surface area contributed by atoms with Crippen molar-refractivity contribution in [3.63, 3.8) is 0 Å². The highest BCUT2D eigenvalue weighted by Gasteiger charge is 2.19. The van der Waals surface area contributed by atoms with E-state index in [2.05, 4.69) is 26.6 Å². The highest BCUT2D eigenvalue weighted by atomic mass is 79.9. The van der Waals surface area contributed by atoms with Crippen LogP contribution in [-0.2, 0) is 10.0 Å². The molecule has 4 nitrogen and oxygen atoms in total. The van der Waals surface area contributed by atoms with Gasteiger partial charge in [0.1, 0.15) is 0 Å². The van der Waals surface area contributed by atoms with E-state index in [1.807, 2.05) is 0 Å². The number of nitrogens with two attached hydrogens (primary N) is 1. The van der Waals surface area contributed by atoms with Crippen LogP contribution < -0.4 is 10.5 Å². The van der Waals surface area contributed by atoms with Crippen LogP contribution in [0.25, 0.3) is 0 Å². The first-order chi connectivity index (χ1) is 9.83. The molecule has 2 aromatic carbocycles. The molecule has 6 heteroatoms. The van der Waals surface area contributed by atoms with Crippen LogP contribution in [0, 0.1) is 19.3 Å². The number of terminal acetylenes is 1. The third kappa shape index (κ3) is 3.38. The van der Waals surface area contributed by atoms with Crippen molar-refractivity contribution in [2.75, 3.05) is 10.5 Å². The summed E-state index contributed by atoms with van der Waals surface area (Å²) in [6, 6.07) is 9.81. The third-order valence-corrected chi connectivity index (χ3v) is 4.90. The molecule has 21 heavy (non-hydrogen) atoms. The van der Waals surface area contributed by atoms with Gasteiger partial charge in [-0.3, -0.25) is 4.72 Å². The van der Waals surface area contributed by atoms with E-state index in [0.29, 0.717) is 27.0 Å². The fourth-order valence-corrected chi connectivity index (χ4v) is 3.81. The zero-order chi connectivity index (χ0) is 15.6. The second-order valence-electron chi connectivity index (χ2n) is 4.45. The van der Waals surface area contributed by atoms with E-state index in [9.17, 15) is 8.42 Å². The second kappa shape index (κ2) is 5.80. The Kier molecular flexibility index (Phi) is 4.26. The molecule has 0 radical (unpaired) electrons. The molecular weight excluding hydrogens is 352 g/mol. The highest BCUT2D eigenvalue weighted by molar-refractivity contribution is 9.10. The predicted octanol–water partition coefficient (Wildman–Crippen LogP) is 3.12. The molecule has 3 N–H and O–H groups in total. The summed E-state index contributed by atoms with van der Waals surface area (Å²) in [5, 5.41) is 0. The van der Waals surface area contributed by atoms with Crippen molar-refractivity contribution in [2.24, 2.45) is 0 Å². The number of benzene rings is 2. The number of rotatable bonds is 3. The number of nitrogens with one attached hydrogen (secondary N) is 1. The molecule has 0 aliphatic rings. The van der Waals surface area contributed by atoms with Gasteiger partial charge in [0.05, 0.1) is 10.6 Å². The predicted molar refractivity (Wildman–Crippen MR) is 88.5 cm³/mol. The van der Waals surface area contributed by atoms with Crippen LogP contribution in [0.15, 0.2) is 45.8 Å². The molecule has 2 aromatic rings. The first-order valence-electron chi connectivity index (χ1n) is 5.98. The summed E-state index contributed by atoms with van der Waals surface area (Å²) >= 11 is 3.25. The lowest BCUT2D eigenvalue weighted by atomic mass is 10.2. The van der Waals surface area contributed by atoms with Crippen molar-refractivity contribution in [3.8, 4) is 12.3 Å². The molecule has 0 saturated heterocycles. The van der Waals surface area contributed by atoms with E-state index < -0.39 is 10.0 Å². The van der Waals surface area contributed by atoms with Gasteiger partial charge in [-0.1, -0.05) is 27.9 Å². The summed E-state index contributed by atoms with van der Waals surface area (Å²) in [5.41, 5.74) is 7.72. The van der Waals surface area contributed by atoms with E-state index in [1.54, 1.807) is 37.3 Å². The lowest BCUT2D eigenvalue weighted by molar-refractivity contribution is 0.600. The Balaban J connectivity index is 2.46. The van der Waals surface area contributed by atoms with Crippen molar-refractivity contribution in [1.29, 1.82) is 0 Å². The fraction of sp³-hybridized carbons (Fsp3) is 0.0667. The van der Waals surface area contributed by atoms with E-state index in [0.717, 1.165) is 0 Å². The molecule has 2 rings (SSSR count). The number of nitrogen functional groups attached to an aromatic ring is 1. The van der Waals surface area contributed by atoms with Gasteiger partial charge in [-0.25, -0.2) is 8.42 Å². The topological polar surface area (TPSA) is 72.2 Å². The van der Waals surface area contributed by atoms with Crippen LogP contribution >= 0.6 is 15.9 Å². The highest BCUT2D eigenvalue weighted by Crippen LogP contribution is 2.27. The minimum Gasteiger partial charge on any atom is -0.398 e. The van der Waals surface area contributed by atoms with Crippen molar-refractivity contribution in [2.45, 2.75) is 11.8 Å². The largest absolute Gasteiger partial charge is 0.398 e. The normalized spacial score (nSPS) is 10.9. The van der Waals surface area contributed by atoms with Crippen LogP contribution in [0.5, 0.6) is 0 Å². The molecule has 0 amide bonds. The van der Waals surface area contributed by atoms with Gasteiger partial charge in [0.25, 0.3) is 10.0 Å². The maximum Gasteiger partial charge on any atom is 0.262 e. The van der Waals surface area contributed by atoms with Gasteiger partial charge in [0.2, 0.25) is 0 Å². The number of sulfonamides is 1. The van der Waals surface area contributed by atoms with Gasteiger partial charge < -0.3 is 5.73 Å². The quantitative estimate of drug-likeness (QED) is 0.649. The Morgan fingerprint density at radius 1 is 1.29 bits per heavy atom. The van der Waals surface area contributed by atoms with E-state index in [1.165, 1.54) is 6.07 Å². The Morgan fingerprint density at radius 2 is 2.00 bits per heavy atom. The van der Waals surface area contributed by atoms with Gasteiger partial charge >= 0.3 is 0 Å². The summed E-state index contributed by atoms with van der Waals surface area (Å²) in [6.07, 6.45) is 5.31. The molecule has 0 aromatic heterocycles. The average molecular weight is 365 g/mol. The lowest BCUT2D eigenvalue weighted by Crippen LogP contribution is -2.15. The van der Waals surface area contributed by atoms with Crippen molar-refractivity contribution >= 4 is 37.3 Å².